The van der Waals surface area contributed by atoms with Gasteiger partial charge in [-0.1, -0.05) is 12.0 Å². The van der Waals surface area contributed by atoms with Crippen LogP contribution in [-0.2, 0) is 6.18 Å². The number of benzene rings is 1. The van der Waals surface area contributed by atoms with Gasteiger partial charge in [0.2, 0.25) is 0 Å². The fourth-order valence-electron chi connectivity index (χ4n) is 1.58. The monoisotopic (exact) mass is 290 g/mol. The number of rotatable bonds is 2. The molecule has 0 aliphatic heterocycles. The van der Waals surface area contributed by atoms with E-state index in [1.165, 1.54) is 0 Å². The first-order valence-corrected chi connectivity index (χ1v) is 5.81. The van der Waals surface area contributed by atoms with Crippen LogP contribution in [0.2, 0.25) is 0 Å². The van der Waals surface area contributed by atoms with Crippen LogP contribution < -0.4 is 5.32 Å². The van der Waals surface area contributed by atoms with Gasteiger partial charge in [0.05, 0.1) is 5.56 Å². The molecule has 6 heteroatoms. The molecule has 1 heterocycles. The zero-order valence-corrected chi connectivity index (χ0v) is 10.6. The number of carbonyl (C=O) groups is 1. The molecule has 0 fully saturated rings. The summed E-state index contributed by atoms with van der Waals surface area (Å²) in [5, 5.41) is 2.51. The molecule has 0 spiro atoms. The number of pyridine rings is 1. The molecule has 0 unspecified atom stereocenters. The second-order valence-corrected chi connectivity index (χ2v) is 4.11. The maximum absolute atomic E-state index is 12.4. The molecule has 0 saturated carbocycles. The van der Waals surface area contributed by atoms with Crippen molar-refractivity contribution in [2.24, 2.45) is 0 Å². The van der Waals surface area contributed by atoms with Crippen molar-refractivity contribution in [1.82, 2.24) is 4.98 Å². The number of nitrogens with zero attached hydrogens (tertiary/aromatic N) is 1. The van der Waals surface area contributed by atoms with Crippen LogP contribution in [0.1, 0.15) is 21.6 Å². The number of halogens is 3. The fraction of sp³-hybridized carbons (Fsp3) is 0.0667. The van der Waals surface area contributed by atoms with Gasteiger partial charge in [0.15, 0.2) is 0 Å². The predicted molar refractivity (Wildman–Crippen MR) is 71.6 cm³/mol. The molecule has 1 aromatic heterocycles. The van der Waals surface area contributed by atoms with E-state index in [9.17, 15) is 18.0 Å². The van der Waals surface area contributed by atoms with E-state index in [4.69, 9.17) is 6.42 Å². The average Bonchev–Trinajstić information content (AvgIpc) is 2.46. The maximum Gasteiger partial charge on any atom is 0.417 e. The largest absolute Gasteiger partial charge is 0.417 e. The number of hydrogen-bond acceptors (Lipinski definition) is 2. The number of anilines is 1. The molecule has 0 aliphatic carbocycles. The Morgan fingerprint density at radius 3 is 2.57 bits per heavy atom. The first-order chi connectivity index (χ1) is 9.90. The summed E-state index contributed by atoms with van der Waals surface area (Å²) >= 11 is 0. The molecule has 2 rings (SSSR count). The van der Waals surface area contributed by atoms with E-state index in [1.807, 2.05) is 0 Å². The van der Waals surface area contributed by atoms with Crippen molar-refractivity contribution >= 4 is 11.6 Å². The molecule has 21 heavy (non-hydrogen) atoms. The van der Waals surface area contributed by atoms with Gasteiger partial charge in [-0.2, -0.15) is 13.2 Å². The van der Waals surface area contributed by atoms with Crippen LogP contribution in [-0.4, -0.2) is 10.9 Å². The van der Waals surface area contributed by atoms with E-state index in [0.717, 1.165) is 12.1 Å². The highest BCUT2D eigenvalue weighted by Gasteiger charge is 2.30. The molecule has 1 amide bonds. The molecule has 0 aliphatic rings. The Balaban J connectivity index is 2.15. The van der Waals surface area contributed by atoms with Gasteiger partial charge in [0, 0.05) is 17.4 Å². The van der Waals surface area contributed by atoms with Crippen LogP contribution in [0.15, 0.2) is 42.6 Å². The topological polar surface area (TPSA) is 42.0 Å². The van der Waals surface area contributed by atoms with Gasteiger partial charge >= 0.3 is 6.18 Å². The number of nitrogens with one attached hydrogen (secondary N) is 1. The number of hydrogen-bond donors (Lipinski definition) is 1. The Morgan fingerprint density at radius 2 is 2.00 bits per heavy atom. The third-order valence-corrected chi connectivity index (χ3v) is 2.61. The van der Waals surface area contributed by atoms with Gasteiger partial charge in [-0.15, -0.1) is 6.42 Å². The van der Waals surface area contributed by atoms with Gasteiger partial charge in [-0.3, -0.25) is 9.78 Å². The van der Waals surface area contributed by atoms with Crippen molar-refractivity contribution in [2.45, 2.75) is 6.18 Å². The number of carbonyl (C=O) groups excluding carboxylic acids is 1. The quantitative estimate of drug-likeness (QED) is 0.862. The molecular formula is C15H9F3N2O. The lowest BCUT2D eigenvalue weighted by Crippen LogP contribution is -2.15. The Labute approximate surface area is 118 Å². The highest BCUT2D eigenvalue weighted by Crippen LogP contribution is 2.28. The number of terminal acetylenes is 1. The van der Waals surface area contributed by atoms with Crippen molar-refractivity contribution in [1.29, 1.82) is 0 Å². The molecule has 0 atom stereocenters. The zero-order chi connectivity index (χ0) is 15.5. The van der Waals surface area contributed by atoms with E-state index >= 15 is 0 Å². The van der Waals surface area contributed by atoms with Crippen LogP contribution in [0.4, 0.5) is 18.9 Å². The fourth-order valence-corrected chi connectivity index (χ4v) is 1.58. The Kier molecular flexibility index (Phi) is 3.94. The molecule has 0 saturated heterocycles. The molecule has 1 aromatic carbocycles. The number of amides is 1. The standard InChI is InChI=1S/C15H9F3N2O/c1-2-10-4-3-5-12(8-10)20-14(21)13-7-6-11(9-19-13)15(16,17)18/h1,3-9H,(H,20,21). The molecule has 106 valence electrons. The minimum Gasteiger partial charge on any atom is -0.321 e. The number of aromatic nitrogens is 1. The van der Waals surface area contributed by atoms with Gasteiger partial charge in [-0.25, -0.2) is 0 Å². The summed E-state index contributed by atoms with van der Waals surface area (Å²) in [6, 6.07) is 8.35. The van der Waals surface area contributed by atoms with Crippen molar-refractivity contribution in [3.8, 4) is 12.3 Å². The van der Waals surface area contributed by atoms with Crippen LogP contribution in [0, 0.1) is 12.3 Å². The smallest absolute Gasteiger partial charge is 0.321 e. The lowest BCUT2D eigenvalue weighted by atomic mass is 10.2. The highest BCUT2D eigenvalue weighted by molar-refractivity contribution is 6.02. The van der Waals surface area contributed by atoms with Gasteiger partial charge in [-0.05, 0) is 30.3 Å². The molecule has 0 radical (unpaired) electrons. The van der Waals surface area contributed by atoms with Crippen molar-refractivity contribution in [3.05, 3.63) is 59.4 Å². The Hall–Kier alpha value is -2.81. The first-order valence-electron chi connectivity index (χ1n) is 5.81. The first kappa shape index (κ1) is 14.6. The van der Waals surface area contributed by atoms with E-state index in [2.05, 4.69) is 16.2 Å². The molecule has 2 aromatic rings. The van der Waals surface area contributed by atoms with Crippen LogP contribution in [0.5, 0.6) is 0 Å². The van der Waals surface area contributed by atoms with Crippen molar-refractivity contribution in [3.63, 3.8) is 0 Å². The van der Waals surface area contributed by atoms with Crippen LogP contribution in [0.25, 0.3) is 0 Å². The lowest BCUT2D eigenvalue weighted by Gasteiger charge is -2.08. The average molecular weight is 290 g/mol. The SMILES string of the molecule is C#Cc1cccc(NC(=O)c2ccc(C(F)(F)F)cn2)c1. The normalized spacial score (nSPS) is 10.8. The third kappa shape index (κ3) is 3.60. The zero-order valence-electron chi connectivity index (χ0n) is 10.6. The van der Waals surface area contributed by atoms with E-state index in [0.29, 0.717) is 17.4 Å². The van der Waals surface area contributed by atoms with E-state index in [-0.39, 0.29) is 5.69 Å². The molecular weight excluding hydrogens is 281 g/mol. The number of alkyl halides is 3. The minimum atomic E-state index is -4.48. The minimum absolute atomic E-state index is 0.117. The van der Waals surface area contributed by atoms with Gasteiger partial charge in [0.25, 0.3) is 5.91 Å². The predicted octanol–water partition coefficient (Wildman–Crippen LogP) is 3.33. The highest BCUT2D eigenvalue weighted by atomic mass is 19.4. The lowest BCUT2D eigenvalue weighted by molar-refractivity contribution is -0.137. The second kappa shape index (κ2) is 5.67. The summed E-state index contributed by atoms with van der Waals surface area (Å²) in [4.78, 5) is 15.4. The summed E-state index contributed by atoms with van der Waals surface area (Å²) in [5.41, 5.74) is -0.00665. The second-order valence-electron chi connectivity index (χ2n) is 4.11. The third-order valence-electron chi connectivity index (χ3n) is 2.61. The van der Waals surface area contributed by atoms with Crippen molar-refractivity contribution in [2.75, 3.05) is 5.32 Å². The summed E-state index contributed by atoms with van der Waals surface area (Å²) in [6.45, 7) is 0. The Morgan fingerprint density at radius 1 is 1.24 bits per heavy atom. The summed E-state index contributed by atoms with van der Waals surface area (Å²) < 4.78 is 37.2. The molecule has 0 bridgehead atoms. The van der Waals surface area contributed by atoms with Crippen LogP contribution in [0.3, 0.4) is 0 Å². The van der Waals surface area contributed by atoms with Gasteiger partial charge < -0.3 is 5.32 Å². The molecule has 1 N–H and O–H groups in total. The van der Waals surface area contributed by atoms with E-state index < -0.39 is 17.6 Å². The summed E-state index contributed by atoms with van der Waals surface area (Å²) in [6.07, 6.45) is 1.37. The summed E-state index contributed by atoms with van der Waals surface area (Å²) in [5.74, 6) is 1.80. The van der Waals surface area contributed by atoms with Gasteiger partial charge in [0.1, 0.15) is 5.69 Å². The molecule has 3 nitrogen and oxygen atoms in total. The van der Waals surface area contributed by atoms with Crippen LogP contribution >= 0.6 is 0 Å². The van der Waals surface area contributed by atoms with E-state index in [1.54, 1.807) is 24.3 Å². The maximum atomic E-state index is 12.4. The van der Waals surface area contributed by atoms with Crippen molar-refractivity contribution < 1.29 is 18.0 Å². The summed E-state index contributed by atoms with van der Waals surface area (Å²) in [7, 11) is 0. The Bertz CT molecular complexity index is 700.